The zero-order valence-corrected chi connectivity index (χ0v) is 13.1. The number of carbonyl (C=O) groups excluding carboxylic acids is 1. The lowest BCUT2D eigenvalue weighted by atomic mass is 9.57. The van der Waals surface area contributed by atoms with Gasteiger partial charge in [-0.1, -0.05) is 44.7 Å². The molecule has 2 heteroatoms. The highest BCUT2D eigenvalue weighted by Crippen LogP contribution is 2.50. The molecule has 0 N–H and O–H groups in total. The maximum atomic E-state index is 12.1. The Kier molecular flexibility index (Phi) is 4.32. The molecule has 0 bridgehead atoms. The number of hydrogen-bond acceptors (Lipinski definition) is 2. The lowest BCUT2D eigenvalue weighted by Gasteiger charge is -2.49. The van der Waals surface area contributed by atoms with Crippen molar-refractivity contribution >= 4 is 5.78 Å². The third-order valence-electron chi connectivity index (χ3n) is 5.31. The van der Waals surface area contributed by atoms with E-state index in [-0.39, 0.29) is 11.5 Å². The summed E-state index contributed by atoms with van der Waals surface area (Å²) in [7, 11) is 0. The van der Waals surface area contributed by atoms with Crippen molar-refractivity contribution < 1.29 is 9.53 Å². The molecule has 2 aliphatic rings. The molecule has 1 unspecified atom stereocenters. The van der Waals surface area contributed by atoms with Crippen LogP contribution >= 0.6 is 0 Å². The van der Waals surface area contributed by atoms with E-state index in [2.05, 4.69) is 31.2 Å². The maximum absolute atomic E-state index is 12.1. The van der Waals surface area contributed by atoms with Gasteiger partial charge in [-0.25, -0.2) is 0 Å². The molecule has 1 aromatic rings. The van der Waals surface area contributed by atoms with Gasteiger partial charge in [0.2, 0.25) is 0 Å². The Labute approximate surface area is 127 Å². The molecule has 1 atom stereocenters. The van der Waals surface area contributed by atoms with Crippen molar-refractivity contribution in [3.63, 3.8) is 0 Å². The van der Waals surface area contributed by atoms with Crippen LogP contribution in [0.5, 0.6) is 5.75 Å². The summed E-state index contributed by atoms with van der Waals surface area (Å²) in [5, 5.41) is 0. The van der Waals surface area contributed by atoms with Crippen LogP contribution in [0.15, 0.2) is 24.3 Å². The van der Waals surface area contributed by atoms with Crippen molar-refractivity contribution in [2.45, 2.75) is 70.8 Å². The van der Waals surface area contributed by atoms with Gasteiger partial charge >= 0.3 is 0 Å². The first-order valence-electron chi connectivity index (χ1n) is 8.53. The van der Waals surface area contributed by atoms with Crippen LogP contribution in [0, 0.1) is 5.41 Å². The lowest BCUT2D eigenvalue weighted by Crippen LogP contribution is -2.57. The molecular formula is C19H26O2. The van der Waals surface area contributed by atoms with Crippen LogP contribution in [-0.2, 0) is 11.2 Å². The molecule has 0 aromatic heterocycles. The highest BCUT2D eigenvalue weighted by molar-refractivity contribution is 5.92. The van der Waals surface area contributed by atoms with Crippen LogP contribution in [0.25, 0.3) is 0 Å². The van der Waals surface area contributed by atoms with E-state index < -0.39 is 0 Å². The minimum atomic E-state index is -0.140. The van der Waals surface area contributed by atoms with Gasteiger partial charge in [0.25, 0.3) is 0 Å². The van der Waals surface area contributed by atoms with Gasteiger partial charge in [0.1, 0.15) is 17.6 Å². The highest BCUT2D eigenvalue weighted by Gasteiger charge is 2.56. The lowest BCUT2D eigenvalue weighted by molar-refractivity contribution is -0.156. The number of ether oxygens (including phenoxy) is 1. The Hall–Kier alpha value is -1.31. The van der Waals surface area contributed by atoms with Gasteiger partial charge < -0.3 is 4.74 Å². The largest absolute Gasteiger partial charge is 0.489 e. The third kappa shape index (κ3) is 2.86. The number of benzene rings is 1. The van der Waals surface area contributed by atoms with Gasteiger partial charge in [0.15, 0.2) is 0 Å². The second-order valence-corrected chi connectivity index (χ2v) is 6.70. The monoisotopic (exact) mass is 286 g/mol. The standard InChI is InChI=1S/C19H26O2/c1-2-3-7-15-8-10-16(11-9-15)21-18-14-17(20)19(18)12-5-4-6-13-19/h8-11,18H,2-7,12-14H2,1H3. The summed E-state index contributed by atoms with van der Waals surface area (Å²) in [4.78, 5) is 12.1. The van der Waals surface area contributed by atoms with Gasteiger partial charge in [0.05, 0.1) is 5.41 Å². The van der Waals surface area contributed by atoms with Gasteiger partial charge in [-0.2, -0.15) is 0 Å². The quantitative estimate of drug-likeness (QED) is 0.784. The zero-order valence-electron chi connectivity index (χ0n) is 13.1. The molecule has 3 rings (SSSR count). The van der Waals surface area contributed by atoms with Crippen LogP contribution in [0.1, 0.15) is 63.9 Å². The summed E-state index contributed by atoms with van der Waals surface area (Å²) in [5.41, 5.74) is 1.24. The minimum absolute atomic E-state index is 0.117. The number of Topliss-reactive ketones (excluding diaryl/α,β-unsaturated/α-hetero) is 1. The van der Waals surface area contributed by atoms with Gasteiger partial charge in [-0.15, -0.1) is 0 Å². The SMILES string of the molecule is CCCCc1ccc(OC2CC(=O)C23CCCCC3)cc1. The Morgan fingerprint density at radius 3 is 2.48 bits per heavy atom. The number of aryl methyl sites for hydroxylation is 1. The summed E-state index contributed by atoms with van der Waals surface area (Å²) < 4.78 is 6.15. The predicted octanol–water partition coefficient (Wildman–Crippen LogP) is 4.70. The van der Waals surface area contributed by atoms with E-state index in [1.165, 1.54) is 37.7 Å². The molecule has 0 radical (unpaired) electrons. The normalized spacial score (nSPS) is 23.9. The summed E-state index contributed by atoms with van der Waals surface area (Å²) >= 11 is 0. The average Bonchev–Trinajstić information content (AvgIpc) is 2.54. The zero-order chi connectivity index (χ0) is 14.7. The summed E-state index contributed by atoms with van der Waals surface area (Å²) in [5.74, 6) is 1.37. The number of carbonyl (C=O) groups is 1. The number of ketones is 1. The van der Waals surface area contributed by atoms with Crippen molar-refractivity contribution in [2.75, 3.05) is 0 Å². The van der Waals surface area contributed by atoms with Crippen molar-refractivity contribution in [1.82, 2.24) is 0 Å². The molecule has 0 saturated heterocycles. The first kappa shape index (κ1) is 14.6. The van der Waals surface area contributed by atoms with Crippen LogP contribution in [0.3, 0.4) is 0 Å². The van der Waals surface area contributed by atoms with E-state index in [0.717, 1.165) is 25.0 Å². The fraction of sp³-hybridized carbons (Fsp3) is 0.632. The molecule has 0 heterocycles. The van der Waals surface area contributed by atoms with E-state index in [1.54, 1.807) is 0 Å². The van der Waals surface area contributed by atoms with Crippen LogP contribution in [0.2, 0.25) is 0 Å². The molecular weight excluding hydrogens is 260 g/mol. The fourth-order valence-electron chi connectivity index (χ4n) is 3.83. The smallest absolute Gasteiger partial charge is 0.146 e. The topological polar surface area (TPSA) is 26.3 Å². The Morgan fingerprint density at radius 2 is 1.86 bits per heavy atom. The fourth-order valence-corrected chi connectivity index (χ4v) is 3.83. The number of hydrogen-bond donors (Lipinski definition) is 0. The van der Waals surface area contributed by atoms with E-state index in [4.69, 9.17) is 4.74 Å². The van der Waals surface area contributed by atoms with Crippen LogP contribution in [-0.4, -0.2) is 11.9 Å². The Balaban J connectivity index is 1.62. The van der Waals surface area contributed by atoms with E-state index >= 15 is 0 Å². The first-order chi connectivity index (χ1) is 10.2. The van der Waals surface area contributed by atoms with Gasteiger partial charge in [-0.3, -0.25) is 4.79 Å². The maximum Gasteiger partial charge on any atom is 0.146 e. The molecule has 21 heavy (non-hydrogen) atoms. The summed E-state index contributed by atoms with van der Waals surface area (Å²) in [6.07, 6.45) is 10.0. The second kappa shape index (κ2) is 6.21. The Bertz CT molecular complexity index is 483. The molecule has 2 nitrogen and oxygen atoms in total. The van der Waals surface area contributed by atoms with E-state index in [9.17, 15) is 4.79 Å². The van der Waals surface area contributed by atoms with Crippen molar-refractivity contribution in [3.05, 3.63) is 29.8 Å². The van der Waals surface area contributed by atoms with Crippen LogP contribution < -0.4 is 4.74 Å². The molecule has 2 saturated carbocycles. The average molecular weight is 286 g/mol. The van der Waals surface area contributed by atoms with E-state index in [0.29, 0.717) is 12.2 Å². The predicted molar refractivity (Wildman–Crippen MR) is 84.6 cm³/mol. The molecule has 1 spiro atoms. The molecule has 2 aliphatic carbocycles. The van der Waals surface area contributed by atoms with Crippen molar-refractivity contribution in [1.29, 1.82) is 0 Å². The Morgan fingerprint density at radius 1 is 1.14 bits per heavy atom. The molecule has 114 valence electrons. The van der Waals surface area contributed by atoms with E-state index in [1.807, 2.05) is 0 Å². The van der Waals surface area contributed by atoms with Crippen LogP contribution in [0.4, 0.5) is 0 Å². The first-order valence-corrected chi connectivity index (χ1v) is 8.53. The van der Waals surface area contributed by atoms with Gasteiger partial charge in [0, 0.05) is 6.42 Å². The molecule has 1 aromatic carbocycles. The number of rotatable bonds is 5. The van der Waals surface area contributed by atoms with Crippen molar-refractivity contribution in [3.8, 4) is 5.75 Å². The highest BCUT2D eigenvalue weighted by atomic mass is 16.5. The summed E-state index contributed by atoms with van der Waals surface area (Å²) in [6.45, 7) is 2.22. The number of unbranched alkanes of at least 4 members (excludes halogenated alkanes) is 1. The van der Waals surface area contributed by atoms with Crippen molar-refractivity contribution in [2.24, 2.45) is 5.41 Å². The third-order valence-corrected chi connectivity index (χ3v) is 5.31. The second-order valence-electron chi connectivity index (χ2n) is 6.70. The molecule has 0 aliphatic heterocycles. The van der Waals surface area contributed by atoms with Gasteiger partial charge in [-0.05, 0) is 43.4 Å². The summed E-state index contributed by atoms with van der Waals surface area (Å²) in [6, 6.07) is 8.48. The molecule has 2 fully saturated rings. The minimum Gasteiger partial charge on any atom is -0.489 e. The molecule has 0 amide bonds.